The molecule has 0 amide bonds. The molecular formula is C16H17FN4O2S2. The summed E-state index contributed by atoms with van der Waals surface area (Å²) in [5.41, 5.74) is 2.09. The quantitative estimate of drug-likeness (QED) is 0.688. The lowest BCUT2D eigenvalue weighted by atomic mass is 10.2. The number of hydrogen-bond donors (Lipinski definition) is 2. The highest BCUT2D eigenvalue weighted by atomic mass is 32.2. The number of sulfonamides is 1. The second-order valence-corrected chi connectivity index (χ2v) is 8.10. The third-order valence-electron chi connectivity index (χ3n) is 3.66. The van der Waals surface area contributed by atoms with E-state index in [2.05, 4.69) is 19.9 Å². The number of H-pyrrole nitrogens is 1. The molecule has 0 aliphatic rings. The van der Waals surface area contributed by atoms with Crippen LogP contribution in [0.25, 0.3) is 10.6 Å². The maximum atomic E-state index is 13.8. The van der Waals surface area contributed by atoms with E-state index in [1.807, 2.05) is 5.38 Å². The van der Waals surface area contributed by atoms with Crippen molar-refractivity contribution >= 4 is 21.4 Å². The average molecular weight is 380 g/mol. The largest absolute Gasteiger partial charge is 0.281 e. The lowest BCUT2D eigenvalue weighted by Crippen LogP contribution is -2.27. The fourth-order valence-corrected chi connectivity index (χ4v) is 4.78. The summed E-state index contributed by atoms with van der Waals surface area (Å²) in [4.78, 5) is 4.56. The summed E-state index contributed by atoms with van der Waals surface area (Å²) < 4.78 is 41.1. The standard InChI is InChI=1S/C16H17FN4O2S2/c1-10-15(11(2)21-20-10)25(22,23)18-8-7-12-9-24-16(19-12)13-5-3-4-6-14(13)17/h3-6,9,18H,7-8H2,1-2H3,(H,20,21). The summed E-state index contributed by atoms with van der Waals surface area (Å²) in [7, 11) is -3.63. The second kappa shape index (κ2) is 7.03. The van der Waals surface area contributed by atoms with Crippen LogP contribution in [0.2, 0.25) is 0 Å². The Hall–Kier alpha value is -2.10. The van der Waals surface area contributed by atoms with Crippen LogP contribution in [-0.2, 0) is 16.4 Å². The van der Waals surface area contributed by atoms with E-state index < -0.39 is 10.0 Å². The zero-order valence-electron chi connectivity index (χ0n) is 13.7. The van der Waals surface area contributed by atoms with E-state index in [1.165, 1.54) is 17.4 Å². The number of halogens is 1. The molecule has 0 aliphatic carbocycles. The highest BCUT2D eigenvalue weighted by molar-refractivity contribution is 7.89. The summed E-state index contributed by atoms with van der Waals surface area (Å²) >= 11 is 1.33. The van der Waals surface area contributed by atoms with Crippen molar-refractivity contribution in [1.29, 1.82) is 0 Å². The third kappa shape index (κ3) is 3.78. The van der Waals surface area contributed by atoms with Crippen LogP contribution in [0, 0.1) is 19.7 Å². The van der Waals surface area contributed by atoms with E-state index >= 15 is 0 Å². The summed E-state index contributed by atoms with van der Waals surface area (Å²) in [5, 5.41) is 8.96. The Kier molecular flexibility index (Phi) is 4.98. The molecule has 132 valence electrons. The van der Waals surface area contributed by atoms with Crippen LogP contribution in [0.15, 0.2) is 34.5 Å². The number of aromatic amines is 1. The zero-order chi connectivity index (χ0) is 18.0. The summed E-state index contributed by atoms with van der Waals surface area (Å²) in [6, 6.07) is 6.44. The SMILES string of the molecule is Cc1n[nH]c(C)c1S(=O)(=O)NCCc1csc(-c2ccccc2F)n1. The van der Waals surface area contributed by atoms with E-state index in [4.69, 9.17) is 0 Å². The van der Waals surface area contributed by atoms with Crippen molar-refractivity contribution in [2.24, 2.45) is 0 Å². The molecule has 0 saturated carbocycles. The first-order valence-corrected chi connectivity index (χ1v) is 9.95. The Labute approximate surface area is 149 Å². The number of nitrogens with zero attached hydrogens (tertiary/aromatic N) is 2. The molecule has 1 aromatic carbocycles. The molecule has 2 heterocycles. The Morgan fingerprint density at radius 3 is 2.72 bits per heavy atom. The minimum atomic E-state index is -3.63. The number of aryl methyl sites for hydroxylation is 2. The van der Waals surface area contributed by atoms with Crippen LogP contribution < -0.4 is 4.72 Å². The number of nitrogens with one attached hydrogen (secondary N) is 2. The fraction of sp³-hybridized carbons (Fsp3) is 0.250. The number of rotatable bonds is 6. The van der Waals surface area contributed by atoms with E-state index in [0.717, 1.165) is 0 Å². The van der Waals surface area contributed by atoms with Gasteiger partial charge in [0.05, 0.1) is 17.1 Å². The lowest BCUT2D eigenvalue weighted by Gasteiger charge is -2.05. The van der Waals surface area contributed by atoms with E-state index in [0.29, 0.717) is 34.1 Å². The number of aromatic nitrogens is 3. The first-order valence-electron chi connectivity index (χ1n) is 7.59. The topological polar surface area (TPSA) is 87.7 Å². The van der Waals surface area contributed by atoms with E-state index in [1.54, 1.807) is 32.0 Å². The molecule has 3 rings (SSSR count). The Bertz CT molecular complexity index is 976. The van der Waals surface area contributed by atoms with Crippen molar-refractivity contribution in [3.63, 3.8) is 0 Å². The highest BCUT2D eigenvalue weighted by Crippen LogP contribution is 2.26. The van der Waals surface area contributed by atoms with Crippen LogP contribution in [0.3, 0.4) is 0 Å². The van der Waals surface area contributed by atoms with Gasteiger partial charge in [-0.15, -0.1) is 11.3 Å². The van der Waals surface area contributed by atoms with Crippen molar-refractivity contribution in [2.45, 2.75) is 25.2 Å². The van der Waals surface area contributed by atoms with Gasteiger partial charge in [-0.2, -0.15) is 5.10 Å². The fourth-order valence-electron chi connectivity index (χ4n) is 2.50. The predicted molar refractivity (Wildman–Crippen MR) is 94.5 cm³/mol. The van der Waals surface area contributed by atoms with Gasteiger partial charge in [-0.25, -0.2) is 22.5 Å². The van der Waals surface area contributed by atoms with Gasteiger partial charge in [0.15, 0.2) is 0 Å². The van der Waals surface area contributed by atoms with Gasteiger partial charge in [0.25, 0.3) is 0 Å². The Morgan fingerprint density at radius 2 is 2.04 bits per heavy atom. The smallest absolute Gasteiger partial charge is 0.244 e. The molecule has 0 radical (unpaired) electrons. The van der Waals surface area contributed by atoms with Crippen molar-refractivity contribution in [2.75, 3.05) is 6.54 Å². The van der Waals surface area contributed by atoms with Crippen LogP contribution >= 0.6 is 11.3 Å². The van der Waals surface area contributed by atoms with Gasteiger partial charge in [-0.05, 0) is 26.0 Å². The molecule has 0 fully saturated rings. The van der Waals surface area contributed by atoms with Crippen LogP contribution in [-0.4, -0.2) is 30.1 Å². The van der Waals surface area contributed by atoms with E-state index in [-0.39, 0.29) is 17.3 Å². The monoisotopic (exact) mass is 380 g/mol. The summed E-state index contributed by atoms with van der Waals surface area (Å²) in [6.45, 7) is 3.50. The number of thiazole rings is 1. The normalized spacial score (nSPS) is 11.8. The second-order valence-electron chi connectivity index (χ2n) is 5.53. The van der Waals surface area contributed by atoms with Gasteiger partial charge in [0.2, 0.25) is 10.0 Å². The van der Waals surface area contributed by atoms with Gasteiger partial charge in [-0.1, -0.05) is 12.1 Å². The zero-order valence-corrected chi connectivity index (χ0v) is 15.3. The van der Waals surface area contributed by atoms with Gasteiger partial charge >= 0.3 is 0 Å². The molecule has 9 heteroatoms. The van der Waals surface area contributed by atoms with Crippen molar-refractivity contribution in [1.82, 2.24) is 19.9 Å². The molecule has 0 bridgehead atoms. The highest BCUT2D eigenvalue weighted by Gasteiger charge is 2.21. The maximum Gasteiger partial charge on any atom is 0.244 e. The maximum absolute atomic E-state index is 13.8. The van der Waals surface area contributed by atoms with Crippen molar-refractivity contribution in [3.8, 4) is 10.6 Å². The minimum Gasteiger partial charge on any atom is -0.281 e. The van der Waals surface area contributed by atoms with Gasteiger partial charge in [-0.3, -0.25) is 5.10 Å². The van der Waals surface area contributed by atoms with E-state index in [9.17, 15) is 12.8 Å². The molecule has 25 heavy (non-hydrogen) atoms. The first-order chi connectivity index (χ1) is 11.9. The average Bonchev–Trinajstić information content (AvgIpc) is 3.15. The Morgan fingerprint density at radius 1 is 1.28 bits per heavy atom. The number of benzene rings is 1. The molecule has 0 atom stereocenters. The minimum absolute atomic E-state index is 0.179. The summed E-state index contributed by atoms with van der Waals surface area (Å²) in [5.74, 6) is -0.324. The molecule has 3 aromatic rings. The molecule has 0 unspecified atom stereocenters. The van der Waals surface area contributed by atoms with Gasteiger partial charge in [0, 0.05) is 23.9 Å². The summed E-state index contributed by atoms with van der Waals surface area (Å²) in [6.07, 6.45) is 0.417. The molecule has 2 N–H and O–H groups in total. The van der Waals surface area contributed by atoms with Crippen molar-refractivity contribution in [3.05, 3.63) is 52.5 Å². The van der Waals surface area contributed by atoms with Crippen LogP contribution in [0.5, 0.6) is 0 Å². The van der Waals surface area contributed by atoms with Gasteiger partial charge in [0.1, 0.15) is 15.7 Å². The predicted octanol–water partition coefficient (Wildman–Crippen LogP) is 2.81. The van der Waals surface area contributed by atoms with Crippen LogP contribution in [0.1, 0.15) is 17.1 Å². The molecular weight excluding hydrogens is 363 g/mol. The third-order valence-corrected chi connectivity index (χ3v) is 6.31. The molecule has 0 saturated heterocycles. The molecule has 0 aliphatic heterocycles. The first kappa shape index (κ1) is 17.7. The van der Waals surface area contributed by atoms with Gasteiger partial charge < -0.3 is 0 Å². The number of hydrogen-bond acceptors (Lipinski definition) is 5. The van der Waals surface area contributed by atoms with Crippen molar-refractivity contribution < 1.29 is 12.8 Å². The molecule has 0 spiro atoms. The lowest BCUT2D eigenvalue weighted by molar-refractivity contribution is 0.580. The van der Waals surface area contributed by atoms with Crippen LogP contribution in [0.4, 0.5) is 4.39 Å². The Balaban J connectivity index is 1.66. The molecule has 2 aromatic heterocycles. The molecule has 6 nitrogen and oxygen atoms in total.